The summed E-state index contributed by atoms with van der Waals surface area (Å²) < 4.78 is 16.3. The third-order valence-electron chi connectivity index (χ3n) is 4.85. The third kappa shape index (κ3) is 3.11. The molecule has 2 atom stereocenters. The molecule has 6 heteroatoms. The quantitative estimate of drug-likeness (QED) is 0.773. The molecule has 0 saturated carbocycles. The molecule has 24 heavy (non-hydrogen) atoms. The van der Waals surface area contributed by atoms with Gasteiger partial charge in [0.1, 0.15) is 18.5 Å². The standard InChI is InChI=1S/C18H23NO5/c1-22-15-7-3-6-13-12(15)5-4-8-16(13)24-11-19-14(18(21)23-2)9-10-17(19)20/h3,6-7,14,16H,4-5,8-11H2,1-2H3/t14-,16+/m0/s1. The normalized spacial score (nSPS) is 23.1. The number of esters is 1. The lowest BCUT2D eigenvalue weighted by molar-refractivity contribution is -0.155. The zero-order valence-corrected chi connectivity index (χ0v) is 14.1. The van der Waals surface area contributed by atoms with Crippen LogP contribution in [0.2, 0.25) is 0 Å². The van der Waals surface area contributed by atoms with E-state index in [4.69, 9.17) is 14.2 Å². The first-order valence-corrected chi connectivity index (χ1v) is 8.30. The molecule has 3 rings (SSSR count). The Morgan fingerprint density at radius 3 is 2.83 bits per heavy atom. The molecule has 6 nitrogen and oxygen atoms in total. The molecular formula is C18H23NO5. The zero-order chi connectivity index (χ0) is 17.1. The summed E-state index contributed by atoms with van der Waals surface area (Å²) >= 11 is 0. The van der Waals surface area contributed by atoms with Crippen LogP contribution < -0.4 is 4.74 Å². The highest BCUT2D eigenvalue weighted by molar-refractivity contribution is 5.88. The van der Waals surface area contributed by atoms with E-state index < -0.39 is 6.04 Å². The predicted molar refractivity (Wildman–Crippen MR) is 86.5 cm³/mol. The van der Waals surface area contributed by atoms with Crippen molar-refractivity contribution in [3.63, 3.8) is 0 Å². The van der Waals surface area contributed by atoms with Crippen LogP contribution in [0.3, 0.4) is 0 Å². The van der Waals surface area contributed by atoms with Gasteiger partial charge in [0, 0.05) is 6.42 Å². The van der Waals surface area contributed by atoms with Crippen molar-refractivity contribution in [3.8, 4) is 5.75 Å². The van der Waals surface area contributed by atoms with Crippen molar-refractivity contribution in [2.45, 2.75) is 44.2 Å². The number of likely N-dealkylation sites (tertiary alicyclic amines) is 1. The maximum Gasteiger partial charge on any atom is 0.328 e. The predicted octanol–water partition coefficient (Wildman–Crippen LogP) is 2.21. The monoisotopic (exact) mass is 333 g/mol. The number of benzene rings is 1. The van der Waals surface area contributed by atoms with Crippen molar-refractivity contribution in [2.75, 3.05) is 21.0 Å². The van der Waals surface area contributed by atoms with E-state index >= 15 is 0 Å². The van der Waals surface area contributed by atoms with Crippen LogP contribution in [0.15, 0.2) is 18.2 Å². The number of methoxy groups -OCH3 is 2. The van der Waals surface area contributed by atoms with Crippen LogP contribution in [0.4, 0.5) is 0 Å². The topological polar surface area (TPSA) is 65.1 Å². The number of fused-ring (bicyclic) bond motifs is 1. The van der Waals surface area contributed by atoms with E-state index in [9.17, 15) is 9.59 Å². The summed E-state index contributed by atoms with van der Waals surface area (Å²) in [7, 11) is 3.01. The number of ether oxygens (including phenoxy) is 3. The first kappa shape index (κ1) is 16.8. The van der Waals surface area contributed by atoms with Crippen LogP contribution in [-0.2, 0) is 25.5 Å². The van der Waals surface area contributed by atoms with Gasteiger partial charge in [-0.1, -0.05) is 12.1 Å². The fraction of sp³-hybridized carbons (Fsp3) is 0.556. The summed E-state index contributed by atoms with van der Waals surface area (Å²) in [6.07, 6.45) is 3.63. The van der Waals surface area contributed by atoms with Crippen LogP contribution in [0, 0.1) is 0 Å². The van der Waals surface area contributed by atoms with Crippen molar-refractivity contribution >= 4 is 11.9 Å². The van der Waals surface area contributed by atoms with E-state index in [0.717, 1.165) is 30.6 Å². The Kier molecular flexibility index (Phi) is 5.04. The number of rotatable bonds is 5. The van der Waals surface area contributed by atoms with E-state index in [0.29, 0.717) is 12.8 Å². The summed E-state index contributed by atoms with van der Waals surface area (Å²) in [5, 5.41) is 0. The van der Waals surface area contributed by atoms with Gasteiger partial charge in [0.05, 0.1) is 20.3 Å². The Morgan fingerprint density at radius 1 is 1.25 bits per heavy atom. The average Bonchev–Trinajstić information content (AvgIpc) is 2.99. The van der Waals surface area contributed by atoms with Gasteiger partial charge in [0.25, 0.3) is 0 Å². The Labute approximate surface area is 141 Å². The van der Waals surface area contributed by atoms with Crippen LogP contribution in [0.5, 0.6) is 5.75 Å². The van der Waals surface area contributed by atoms with Crippen LogP contribution in [0.1, 0.15) is 42.9 Å². The van der Waals surface area contributed by atoms with Gasteiger partial charge in [0.2, 0.25) is 5.91 Å². The van der Waals surface area contributed by atoms with E-state index in [1.54, 1.807) is 7.11 Å². The Morgan fingerprint density at radius 2 is 2.08 bits per heavy atom. The minimum absolute atomic E-state index is 0.0629. The van der Waals surface area contributed by atoms with Gasteiger partial charge in [-0.15, -0.1) is 0 Å². The van der Waals surface area contributed by atoms with Gasteiger partial charge in [0.15, 0.2) is 0 Å². The van der Waals surface area contributed by atoms with Gasteiger partial charge in [-0.3, -0.25) is 4.79 Å². The summed E-state index contributed by atoms with van der Waals surface area (Å²) in [5.41, 5.74) is 2.29. The van der Waals surface area contributed by atoms with Crippen molar-refractivity contribution in [1.82, 2.24) is 4.90 Å². The molecule has 130 valence electrons. The molecule has 1 saturated heterocycles. The Bertz CT molecular complexity index is 630. The molecule has 1 aliphatic heterocycles. The molecule has 1 aliphatic carbocycles. The van der Waals surface area contributed by atoms with Gasteiger partial charge in [-0.2, -0.15) is 0 Å². The second-order valence-corrected chi connectivity index (χ2v) is 6.15. The summed E-state index contributed by atoms with van der Waals surface area (Å²) in [6, 6.07) is 5.43. The number of nitrogens with zero attached hydrogens (tertiary/aromatic N) is 1. The highest BCUT2D eigenvalue weighted by Gasteiger charge is 2.37. The molecule has 1 heterocycles. The summed E-state index contributed by atoms with van der Waals surface area (Å²) in [6.45, 7) is 0.111. The highest BCUT2D eigenvalue weighted by atomic mass is 16.5. The zero-order valence-electron chi connectivity index (χ0n) is 14.1. The van der Waals surface area contributed by atoms with Gasteiger partial charge >= 0.3 is 5.97 Å². The Balaban J connectivity index is 1.72. The van der Waals surface area contributed by atoms with Crippen molar-refractivity contribution in [1.29, 1.82) is 0 Å². The van der Waals surface area contributed by atoms with Crippen molar-refractivity contribution in [2.24, 2.45) is 0 Å². The number of carbonyl (C=O) groups excluding carboxylic acids is 2. The molecule has 0 radical (unpaired) electrons. The SMILES string of the molecule is COC(=O)[C@@H]1CCC(=O)N1CO[C@@H]1CCCc2c(OC)cccc21. The Hall–Kier alpha value is -2.08. The average molecular weight is 333 g/mol. The summed E-state index contributed by atoms with van der Waals surface area (Å²) in [5.74, 6) is 0.438. The van der Waals surface area contributed by atoms with E-state index in [-0.39, 0.29) is 24.7 Å². The second-order valence-electron chi connectivity index (χ2n) is 6.15. The highest BCUT2D eigenvalue weighted by Crippen LogP contribution is 2.37. The van der Waals surface area contributed by atoms with Crippen molar-refractivity contribution < 1.29 is 23.8 Å². The first-order valence-electron chi connectivity index (χ1n) is 8.30. The molecule has 0 aromatic heterocycles. The molecule has 0 unspecified atom stereocenters. The molecule has 1 amide bonds. The number of carbonyl (C=O) groups is 2. The van der Waals surface area contributed by atoms with Crippen LogP contribution >= 0.6 is 0 Å². The van der Waals surface area contributed by atoms with E-state index in [1.807, 2.05) is 18.2 Å². The minimum atomic E-state index is -0.532. The molecule has 1 aromatic carbocycles. The largest absolute Gasteiger partial charge is 0.496 e. The molecule has 0 N–H and O–H groups in total. The molecule has 2 aliphatic rings. The lowest BCUT2D eigenvalue weighted by Gasteiger charge is -2.30. The maximum atomic E-state index is 12.0. The van der Waals surface area contributed by atoms with Gasteiger partial charge in [-0.05, 0) is 42.9 Å². The van der Waals surface area contributed by atoms with Gasteiger partial charge < -0.3 is 19.1 Å². The third-order valence-corrected chi connectivity index (χ3v) is 4.85. The van der Waals surface area contributed by atoms with Crippen molar-refractivity contribution in [3.05, 3.63) is 29.3 Å². The lowest BCUT2D eigenvalue weighted by Crippen LogP contribution is -2.41. The minimum Gasteiger partial charge on any atom is -0.496 e. The maximum absolute atomic E-state index is 12.0. The van der Waals surface area contributed by atoms with Gasteiger partial charge in [-0.25, -0.2) is 4.79 Å². The number of hydrogen-bond acceptors (Lipinski definition) is 5. The smallest absolute Gasteiger partial charge is 0.328 e. The molecule has 1 aromatic rings. The van der Waals surface area contributed by atoms with Crippen LogP contribution in [-0.4, -0.2) is 43.8 Å². The fourth-order valence-electron chi connectivity index (χ4n) is 3.58. The fourth-order valence-corrected chi connectivity index (χ4v) is 3.58. The number of hydrogen-bond donors (Lipinski definition) is 0. The molecule has 0 bridgehead atoms. The van der Waals surface area contributed by atoms with E-state index in [2.05, 4.69) is 0 Å². The molecule has 1 fully saturated rings. The van der Waals surface area contributed by atoms with E-state index in [1.165, 1.54) is 17.6 Å². The summed E-state index contributed by atoms with van der Waals surface area (Å²) in [4.78, 5) is 25.3. The first-order chi connectivity index (χ1) is 11.7. The number of amides is 1. The van der Waals surface area contributed by atoms with Crippen LogP contribution in [0.25, 0.3) is 0 Å². The molecule has 0 spiro atoms. The molecular weight excluding hydrogens is 310 g/mol. The second kappa shape index (κ2) is 7.21. The lowest BCUT2D eigenvalue weighted by atomic mass is 9.89.